The Hall–Kier alpha value is -2.43. The van der Waals surface area contributed by atoms with E-state index in [0.29, 0.717) is 5.82 Å². The summed E-state index contributed by atoms with van der Waals surface area (Å²) in [5.74, 6) is 1.48. The molecule has 3 N–H and O–H groups in total. The van der Waals surface area contributed by atoms with E-state index in [9.17, 15) is 0 Å². The minimum Gasteiger partial charge on any atom is -0.497 e. The zero-order valence-electron chi connectivity index (χ0n) is 11.2. The van der Waals surface area contributed by atoms with Gasteiger partial charge in [-0.1, -0.05) is 0 Å². The molecule has 0 aliphatic carbocycles. The highest BCUT2D eigenvalue weighted by molar-refractivity contribution is 5.97. The van der Waals surface area contributed by atoms with Crippen molar-refractivity contribution in [2.24, 2.45) is 7.05 Å². The van der Waals surface area contributed by atoms with Crippen molar-refractivity contribution in [1.82, 2.24) is 14.8 Å². The third kappa shape index (κ3) is 1.74. The van der Waals surface area contributed by atoms with Crippen LogP contribution in [0.2, 0.25) is 0 Å². The molecule has 0 unspecified atom stereocenters. The van der Waals surface area contributed by atoms with Crippen LogP contribution in [0.1, 0.15) is 5.69 Å². The molecule has 0 aliphatic heterocycles. The molecule has 2 heterocycles. The average molecular weight is 256 g/mol. The Morgan fingerprint density at radius 3 is 2.74 bits per heavy atom. The number of H-pyrrole nitrogens is 1. The van der Waals surface area contributed by atoms with Gasteiger partial charge in [0.15, 0.2) is 0 Å². The van der Waals surface area contributed by atoms with Crippen molar-refractivity contribution < 1.29 is 4.74 Å². The summed E-state index contributed by atoms with van der Waals surface area (Å²) in [4.78, 5) is 3.36. The highest BCUT2D eigenvalue weighted by atomic mass is 16.5. The molecule has 5 heteroatoms. The van der Waals surface area contributed by atoms with Crippen LogP contribution in [0.3, 0.4) is 0 Å². The lowest BCUT2D eigenvalue weighted by atomic mass is 10.1. The summed E-state index contributed by atoms with van der Waals surface area (Å²) >= 11 is 0. The van der Waals surface area contributed by atoms with E-state index in [4.69, 9.17) is 10.5 Å². The van der Waals surface area contributed by atoms with Crippen LogP contribution in [0.25, 0.3) is 22.2 Å². The van der Waals surface area contributed by atoms with E-state index in [0.717, 1.165) is 33.6 Å². The van der Waals surface area contributed by atoms with Crippen molar-refractivity contribution in [2.75, 3.05) is 12.8 Å². The average Bonchev–Trinajstić information content (AvgIpc) is 2.88. The molecule has 0 radical (unpaired) electrons. The van der Waals surface area contributed by atoms with E-state index in [1.165, 1.54) is 0 Å². The molecule has 0 saturated heterocycles. The minimum atomic E-state index is 0.645. The Morgan fingerprint density at radius 2 is 2.11 bits per heavy atom. The molecule has 98 valence electrons. The van der Waals surface area contributed by atoms with Crippen LogP contribution >= 0.6 is 0 Å². The number of fused-ring (bicyclic) bond motifs is 1. The molecule has 0 atom stereocenters. The number of anilines is 1. The fourth-order valence-electron chi connectivity index (χ4n) is 2.37. The summed E-state index contributed by atoms with van der Waals surface area (Å²) in [5.41, 5.74) is 9.94. The summed E-state index contributed by atoms with van der Waals surface area (Å²) in [5, 5.41) is 5.54. The molecule has 0 aliphatic rings. The van der Waals surface area contributed by atoms with Crippen molar-refractivity contribution >= 4 is 16.7 Å². The molecule has 3 rings (SSSR count). The van der Waals surface area contributed by atoms with Gasteiger partial charge in [0, 0.05) is 35.3 Å². The third-order valence-electron chi connectivity index (χ3n) is 3.37. The minimum absolute atomic E-state index is 0.645. The van der Waals surface area contributed by atoms with E-state index in [1.54, 1.807) is 11.8 Å². The Labute approximate surface area is 111 Å². The summed E-state index contributed by atoms with van der Waals surface area (Å²) < 4.78 is 6.96. The van der Waals surface area contributed by atoms with E-state index in [-0.39, 0.29) is 0 Å². The number of hydrogen-bond donors (Lipinski definition) is 2. The number of nitrogens with zero attached hydrogens (tertiary/aromatic N) is 2. The molecule has 0 spiro atoms. The number of aryl methyl sites for hydroxylation is 2. The number of nitrogens with two attached hydrogens (primary N) is 1. The number of ether oxygens (including phenoxy) is 1. The monoisotopic (exact) mass is 256 g/mol. The number of benzene rings is 1. The van der Waals surface area contributed by atoms with Gasteiger partial charge in [-0.05, 0) is 25.1 Å². The lowest BCUT2D eigenvalue weighted by Crippen LogP contribution is -1.96. The maximum Gasteiger partial charge on any atom is 0.121 e. The van der Waals surface area contributed by atoms with E-state index < -0.39 is 0 Å². The number of aromatic amines is 1. The maximum atomic E-state index is 5.86. The van der Waals surface area contributed by atoms with Crippen LogP contribution in [0, 0.1) is 6.92 Å². The SMILES string of the molecule is COc1ccc2[nH]c(C)c(-c3cc(N)n(C)n3)c2c1. The lowest BCUT2D eigenvalue weighted by molar-refractivity contribution is 0.415. The highest BCUT2D eigenvalue weighted by Gasteiger charge is 2.14. The molecule has 19 heavy (non-hydrogen) atoms. The Kier molecular flexibility index (Phi) is 2.48. The molecular weight excluding hydrogens is 240 g/mol. The van der Waals surface area contributed by atoms with Crippen LogP contribution in [0.4, 0.5) is 5.82 Å². The van der Waals surface area contributed by atoms with Gasteiger partial charge in [0.25, 0.3) is 0 Å². The van der Waals surface area contributed by atoms with Gasteiger partial charge < -0.3 is 15.5 Å². The summed E-state index contributed by atoms with van der Waals surface area (Å²) in [7, 11) is 3.50. The van der Waals surface area contributed by atoms with Gasteiger partial charge in [0.1, 0.15) is 11.6 Å². The van der Waals surface area contributed by atoms with Gasteiger partial charge in [0.05, 0.1) is 12.8 Å². The fraction of sp³-hybridized carbons (Fsp3) is 0.214. The van der Waals surface area contributed by atoms with Crippen LogP contribution in [-0.2, 0) is 7.05 Å². The van der Waals surface area contributed by atoms with Gasteiger partial charge in [-0.15, -0.1) is 0 Å². The number of nitrogen functional groups attached to an aromatic ring is 1. The second-order valence-electron chi connectivity index (χ2n) is 4.61. The van der Waals surface area contributed by atoms with E-state index in [2.05, 4.69) is 10.1 Å². The highest BCUT2D eigenvalue weighted by Crippen LogP contribution is 2.34. The van der Waals surface area contributed by atoms with Crippen molar-refractivity contribution in [2.45, 2.75) is 6.92 Å². The van der Waals surface area contributed by atoms with Crippen molar-refractivity contribution in [3.8, 4) is 17.0 Å². The molecule has 2 aromatic heterocycles. The first-order valence-electron chi connectivity index (χ1n) is 6.06. The molecule has 1 aromatic carbocycles. The van der Waals surface area contributed by atoms with Gasteiger partial charge in [0.2, 0.25) is 0 Å². The van der Waals surface area contributed by atoms with Crippen molar-refractivity contribution in [3.63, 3.8) is 0 Å². The molecule has 0 saturated carbocycles. The molecule has 3 aromatic rings. The van der Waals surface area contributed by atoms with Crippen LogP contribution in [0.5, 0.6) is 5.75 Å². The zero-order chi connectivity index (χ0) is 13.6. The standard InChI is InChI=1S/C14H16N4O/c1-8-14(12-7-13(15)18(2)17-12)10-6-9(19-3)4-5-11(10)16-8/h4-7,16H,15H2,1-3H3. The second-order valence-corrected chi connectivity index (χ2v) is 4.61. The zero-order valence-corrected chi connectivity index (χ0v) is 11.2. The first-order chi connectivity index (χ1) is 9.10. The predicted molar refractivity (Wildman–Crippen MR) is 76.2 cm³/mol. The Morgan fingerprint density at radius 1 is 1.32 bits per heavy atom. The van der Waals surface area contributed by atoms with Crippen LogP contribution in [-0.4, -0.2) is 21.9 Å². The number of nitrogens with one attached hydrogen (secondary N) is 1. The maximum absolute atomic E-state index is 5.86. The molecule has 5 nitrogen and oxygen atoms in total. The summed E-state index contributed by atoms with van der Waals surface area (Å²) in [6, 6.07) is 7.85. The quantitative estimate of drug-likeness (QED) is 0.740. The molecular formula is C14H16N4O. The largest absolute Gasteiger partial charge is 0.497 e. The number of hydrogen-bond acceptors (Lipinski definition) is 3. The molecule has 0 amide bonds. The van der Waals surface area contributed by atoms with Crippen molar-refractivity contribution in [1.29, 1.82) is 0 Å². The number of rotatable bonds is 2. The summed E-state index contributed by atoms with van der Waals surface area (Å²) in [6.45, 7) is 2.03. The Balaban J connectivity index is 2.29. The van der Waals surface area contributed by atoms with Crippen LogP contribution in [0.15, 0.2) is 24.3 Å². The van der Waals surface area contributed by atoms with Crippen LogP contribution < -0.4 is 10.5 Å². The summed E-state index contributed by atoms with van der Waals surface area (Å²) in [6.07, 6.45) is 0. The van der Waals surface area contributed by atoms with Gasteiger partial charge in [-0.2, -0.15) is 5.10 Å². The number of methoxy groups -OCH3 is 1. The first-order valence-corrected chi connectivity index (χ1v) is 6.06. The normalized spacial score (nSPS) is 11.1. The second kappa shape index (κ2) is 4.05. The van der Waals surface area contributed by atoms with Gasteiger partial charge in [-0.25, -0.2) is 0 Å². The van der Waals surface area contributed by atoms with Gasteiger partial charge in [-0.3, -0.25) is 4.68 Å². The third-order valence-corrected chi connectivity index (χ3v) is 3.37. The molecule has 0 fully saturated rings. The first kappa shape index (κ1) is 11.6. The molecule has 0 bridgehead atoms. The topological polar surface area (TPSA) is 68.9 Å². The predicted octanol–water partition coefficient (Wildman–Crippen LogP) is 2.47. The Bertz CT molecular complexity index is 735. The number of aromatic nitrogens is 3. The van der Waals surface area contributed by atoms with E-state index in [1.807, 2.05) is 38.2 Å². The van der Waals surface area contributed by atoms with Gasteiger partial charge >= 0.3 is 0 Å². The lowest BCUT2D eigenvalue weighted by Gasteiger charge is -2.00. The van der Waals surface area contributed by atoms with E-state index >= 15 is 0 Å². The fourth-order valence-corrected chi connectivity index (χ4v) is 2.37. The smallest absolute Gasteiger partial charge is 0.121 e. The van der Waals surface area contributed by atoms with Crippen molar-refractivity contribution in [3.05, 3.63) is 30.0 Å².